The van der Waals surface area contributed by atoms with E-state index >= 15 is 0 Å². The monoisotopic (exact) mass is 212 g/mol. The topological polar surface area (TPSA) is 61.4 Å². The Labute approximate surface area is 90.7 Å². The molecule has 1 aliphatic carbocycles. The van der Waals surface area contributed by atoms with Crippen LogP contribution in [0.2, 0.25) is 0 Å². The minimum absolute atomic E-state index is 0.112. The predicted molar refractivity (Wildman–Crippen MR) is 59.4 cm³/mol. The van der Waals surface area contributed by atoms with E-state index in [4.69, 9.17) is 5.11 Å². The van der Waals surface area contributed by atoms with Gasteiger partial charge < -0.3 is 15.7 Å². The zero-order chi connectivity index (χ0) is 10.9. The first-order valence-corrected chi connectivity index (χ1v) is 5.66. The van der Waals surface area contributed by atoms with Crippen LogP contribution in [0.25, 0.3) is 0 Å². The summed E-state index contributed by atoms with van der Waals surface area (Å²) in [7, 11) is 0. The highest BCUT2D eigenvalue weighted by atomic mass is 16.3. The third-order valence-corrected chi connectivity index (χ3v) is 2.52. The molecule has 0 spiro atoms. The quantitative estimate of drug-likeness (QED) is 0.619. The number of aliphatic hydroxyl groups is 1. The molecule has 0 radical (unpaired) electrons. The molecule has 1 rings (SSSR count). The molecule has 0 aromatic heterocycles. The van der Waals surface area contributed by atoms with Gasteiger partial charge in [-0.2, -0.15) is 0 Å². The second-order valence-electron chi connectivity index (χ2n) is 3.84. The van der Waals surface area contributed by atoms with Crippen molar-refractivity contribution in [3.05, 3.63) is 11.8 Å². The van der Waals surface area contributed by atoms with E-state index in [0.717, 1.165) is 12.8 Å². The maximum atomic E-state index is 11.2. The van der Waals surface area contributed by atoms with Crippen molar-refractivity contribution < 1.29 is 9.90 Å². The Morgan fingerprint density at radius 2 is 2.07 bits per heavy atom. The molecule has 0 saturated heterocycles. The summed E-state index contributed by atoms with van der Waals surface area (Å²) < 4.78 is 0. The number of carbonyl (C=O) groups is 1. The Hall–Kier alpha value is -1.03. The van der Waals surface area contributed by atoms with Crippen LogP contribution in [0.5, 0.6) is 0 Å². The molecule has 1 aliphatic rings. The number of amides is 2. The maximum absolute atomic E-state index is 11.2. The molecular formula is C11H20N2O2. The summed E-state index contributed by atoms with van der Waals surface area (Å²) in [5, 5.41) is 13.9. The van der Waals surface area contributed by atoms with Crippen LogP contribution in [-0.2, 0) is 0 Å². The van der Waals surface area contributed by atoms with Crippen LogP contribution in [0.4, 0.5) is 4.79 Å². The van der Waals surface area contributed by atoms with E-state index < -0.39 is 0 Å². The van der Waals surface area contributed by atoms with E-state index in [0.29, 0.717) is 13.0 Å². The van der Waals surface area contributed by atoms with Crippen molar-refractivity contribution in [1.29, 1.82) is 0 Å². The van der Waals surface area contributed by atoms with Crippen LogP contribution >= 0.6 is 0 Å². The Morgan fingerprint density at radius 1 is 1.33 bits per heavy atom. The lowest BCUT2D eigenvalue weighted by Crippen LogP contribution is -2.33. The zero-order valence-corrected chi connectivity index (χ0v) is 9.09. The Morgan fingerprint density at radius 3 is 2.73 bits per heavy atom. The van der Waals surface area contributed by atoms with Crippen molar-refractivity contribution in [2.24, 2.45) is 0 Å². The molecule has 0 unspecified atom stereocenters. The minimum Gasteiger partial charge on any atom is -0.396 e. The van der Waals surface area contributed by atoms with Gasteiger partial charge in [0.25, 0.3) is 0 Å². The fraction of sp³-hybridized carbons (Fsp3) is 0.727. The molecule has 0 heterocycles. The van der Waals surface area contributed by atoms with E-state index in [-0.39, 0.29) is 12.6 Å². The normalized spacial score (nSPS) is 15.9. The highest BCUT2D eigenvalue weighted by Crippen LogP contribution is 2.21. The van der Waals surface area contributed by atoms with Crippen LogP contribution in [0.15, 0.2) is 11.8 Å². The average molecular weight is 212 g/mol. The van der Waals surface area contributed by atoms with Crippen LogP contribution in [0, 0.1) is 0 Å². The van der Waals surface area contributed by atoms with E-state index in [2.05, 4.69) is 10.6 Å². The molecule has 4 heteroatoms. The van der Waals surface area contributed by atoms with Crippen molar-refractivity contribution in [3.8, 4) is 0 Å². The SMILES string of the molecule is O=C(NC=C1CCCCC1)NCCCO. The molecule has 0 atom stereocenters. The van der Waals surface area contributed by atoms with Gasteiger partial charge in [0, 0.05) is 19.4 Å². The number of rotatable bonds is 4. The summed E-state index contributed by atoms with van der Waals surface area (Å²) in [6, 6.07) is -0.179. The fourth-order valence-electron chi connectivity index (χ4n) is 1.65. The van der Waals surface area contributed by atoms with Gasteiger partial charge in [0.1, 0.15) is 0 Å². The molecule has 4 nitrogen and oxygen atoms in total. The van der Waals surface area contributed by atoms with Gasteiger partial charge >= 0.3 is 6.03 Å². The van der Waals surface area contributed by atoms with Gasteiger partial charge in [0.2, 0.25) is 0 Å². The number of hydrogen-bond donors (Lipinski definition) is 3. The van der Waals surface area contributed by atoms with Crippen molar-refractivity contribution in [1.82, 2.24) is 10.6 Å². The predicted octanol–water partition coefficient (Wildman–Crippen LogP) is 1.52. The van der Waals surface area contributed by atoms with Crippen molar-refractivity contribution in [2.45, 2.75) is 38.5 Å². The van der Waals surface area contributed by atoms with Crippen molar-refractivity contribution in [2.75, 3.05) is 13.2 Å². The lowest BCUT2D eigenvalue weighted by molar-refractivity contribution is 0.241. The number of allylic oxidation sites excluding steroid dienone is 1. The summed E-state index contributed by atoms with van der Waals surface area (Å²) >= 11 is 0. The fourth-order valence-corrected chi connectivity index (χ4v) is 1.65. The Bertz CT molecular complexity index is 219. The smallest absolute Gasteiger partial charge is 0.318 e. The van der Waals surface area contributed by atoms with E-state index in [1.807, 2.05) is 6.20 Å². The van der Waals surface area contributed by atoms with Crippen LogP contribution in [-0.4, -0.2) is 24.3 Å². The summed E-state index contributed by atoms with van der Waals surface area (Å²) in [6.45, 7) is 0.632. The summed E-state index contributed by atoms with van der Waals surface area (Å²) in [6.07, 6.45) is 8.42. The number of carbonyl (C=O) groups excluding carboxylic acids is 1. The van der Waals surface area contributed by atoms with Gasteiger partial charge in [-0.1, -0.05) is 12.0 Å². The maximum Gasteiger partial charge on any atom is 0.318 e. The van der Waals surface area contributed by atoms with Gasteiger partial charge in [0.05, 0.1) is 0 Å². The van der Waals surface area contributed by atoms with Crippen molar-refractivity contribution >= 4 is 6.03 Å². The molecule has 0 aromatic carbocycles. The Balaban J connectivity index is 2.14. The van der Waals surface area contributed by atoms with Gasteiger partial charge in [-0.05, 0) is 32.1 Å². The van der Waals surface area contributed by atoms with Gasteiger partial charge in [0.15, 0.2) is 0 Å². The van der Waals surface area contributed by atoms with Crippen LogP contribution in [0.1, 0.15) is 38.5 Å². The standard InChI is InChI=1S/C11H20N2O2/c14-8-4-7-12-11(15)13-9-10-5-2-1-3-6-10/h9,14H,1-8H2,(H2,12,13,15). The molecule has 0 aliphatic heterocycles. The lowest BCUT2D eigenvalue weighted by Gasteiger charge is -2.13. The zero-order valence-electron chi connectivity index (χ0n) is 9.09. The first-order chi connectivity index (χ1) is 7.33. The minimum atomic E-state index is -0.179. The molecule has 3 N–H and O–H groups in total. The van der Waals surface area contributed by atoms with E-state index in [9.17, 15) is 4.79 Å². The van der Waals surface area contributed by atoms with Gasteiger partial charge in [-0.3, -0.25) is 0 Å². The van der Waals surface area contributed by atoms with E-state index in [1.165, 1.54) is 24.8 Å². The Kier molecular flexibility index (Phi) is 5.85. The third kappa shape index (κ3) is 5.42. The number of aliphatic hydroxyl groups excluding tert-OH is 1. The largest absolute Gasteiger partial charge is 0.396 e. The van der Waals surface area contributed by atoms with Crippen molar-refractivity contribution in [3.63, 3.8) is 0 Å². The highest BCUT2D eigenvalue weighted by Gasteiger charge is 2.05. The third-order valence-electron chi connectivity index (χ3n) is 2.52. The molecule has 1 fully saturated rings. The van der Waals surface area contributed by atoms with Gasteiger partial charge in [-0.15, -0.1) is 0 Å². The second kappa shape index (κ2) is 7.29. The summed E-state index contributed by atoms with van der Waals surface area (Å²) in [5.74, 6) is 0. The molecule has 2 amide bonds. The molecular weight excluding hydrogens is 192 g/mol. The number of urea groups is 1. The molecule has 0 aromatic rings. The van der Waals surface area contributed by atoms with Crippen LogP contribution < -0.4 is 10.6 Å². The number of hydrogen-bond acceptors (Lipinski definition) is 2. The average Bonchev–Trinajstić information content (AvgIpc) is 2.28. The molecule has 0 bridgehead atoms. The molecule has 1 saturated carbocycles. The molecule has 86 valence electrons. The summed E-state index contributed by atoms with van der Waals surface area (Å²) in [4.78, 5) is 11.2. The van der Waals surface area contributed by atoms with E-state index in [1.54, 1.807) is 0 Å². The lowest BCUT2D eigenvalue weighted by atomic mass is 9.96. The van der Waals surface area contributed by atoms with Crippen LogP contribution in [0.3, 0.4) is 0 Å². The summed E-state index contributed by atoms with van der Waals surface area (Å²) in [5.41, 5.74) is 1.33. The second-order valence-corrected chi connectivity index (χ2v) is 3.84. The number of nitrogens with one attached hydrogen (secondary N) is 2. The first-order valence-electron chi connectivity index (χ1n) is 5.66. The highest BCUT2D eigenvalue weighted by molar-refractivity contribution is 5.74. The van der Waals surface area contributed by atoms with Gasteiger partial charge in [-0.25, -0.2) is 4.79 Å². The first kappa shape index (κ1) is 12.0. The molecule has 15 heavy (non-hydrogen) atoms.